The maximum Gasteiger partial charge on any atom is 0.301 e. The van der Waals surface area contributed by atoms with Gasteiger partial charge in [0.05, 0.1) is 39.4 Å². The minimum atomic E-state index is -1.25. The summed E-state index contributed by atoms with van der Waals surface area (Å²) in [5.41, 5.74) is -1.48. The number of allylic oxidation sites excluding steroid dienone is 4. The lowest BCUT2D eigenvalue weighted by Gasteiger charge is -2.53. The zero-order chi connectivity index (χ0) is 34.8. The number of hydrogen-bond acceptors (Lipinski definition) is 11. The fraction of sp³-hybridized carbons (Fsp3) is 0.412. The van der Waals surface area contributed by atoms with Crippen LogP contribution in [0, 0.1) is 49.3 Å². The number of aliphatic hydroxyl groups is 1. The van der Waals surface area contributed by atoms with Gasteiger partial charge in [0.25, 0.3) is 0 Å². The number of fused-ring (bicyclic) bond motifs is 4. The lowest BCUT2D eigenvalue weighted by atomic mass is 9.47. The highest BCUT2D eigenvalue weighted by Crippen LogP contribution is 2.63. The molecule has 2 amide bonds. The third-order valence-corrected chi connectivity index (χ3v) is 10.4. The Kier molecular flexibility index (Phi) is 8.02. The van der Waals surface area contributed by atoms with Crippen LogP contribution in [0.5, 0.6) is 5.75 Å². The molecule has 14 nitrogen and oxygen atoms in total. The number of nitro benzene ring substituents is 2. The van der Waals surface area contributed by atoms with Crippen molar-refractivity contribution in [2.24, 2.45) is 29.1 Å². The fourth-order valence-corrected chi connectivity index (χ4v) is 8.46. The molecule has 0 aromatic heterocycles. The lowest BCUT2D eigenvalue weighted by molar-refractivity contribution is -0.392. The average molecular weight is 659 g/mol. The number of para-hydroxylation sites is 1. The van der Waals surface area contributed by atoms with E-state index in [1.165, 1.54) is 25.1 Å². The average Bonchev–Trinajstić information content (AvgIpc) is 3.30. The second kappa shape index (κ2) is 11.8. The zero-order valence-corrected chi connectivity index (χ0v) is 26.7. The number of hydrogen-bond donors (Lipinski definition) is 1. The van der Waals surface area contributed by atoms with E-state index >= 15 is 0 Å². The Morgan fingerprint density at radius 2 is 1.67 bits per heavy atom. The molecule has 2 fully saturated rings. The van der Waals surface area contributed by atoms with Crippen LogP contribution in [0.1, 0.15) is 38.2 Å². The molecule has 14 heteroatoms. The summed E-state index contributed by atoms with van der Waals surface area (Å²) in [5, 5.41) is 33.6. The highest BCUT2D eigenvalue weighted by Gasteiger charge is 2.64. The molecule has 0 unspecified atom stereocenters. The van der Waals surface area contributed by atoms with E-state index in [1.807, 2.05) is 6.08 Å². The van der Waals surface area contributed by atoms with Gasteiger partial charge in [-0.2, -0.15) is 0 Å². The summed E-state index contributed by atoms with van der Waals surface area (Å²) in [6, 6.07) is 9.01. The van der Waals surface area contributed by atoms with Gasteiger partial charge in [0.15, 0.2) is 17.3 Å². The fourth-order valence-electron chi connectivity index (χ4n) is 8.46. The smallest absolute Gasteiger partial charge is 0.301 e. The van der Waals surface area contributed by atoms with Crippen LogP contribution in [0.3, 0.4) is 0 Å². The summed E-state index contributed by atoms with van der Waals surface area (Å²) >= 11 is 0. The van der Waals surface area contributed by atoms with Crippen molar-refractivity contribution in [2.45, 2.75) is 32.6 Å². The number of anilines is 2. The van der Waals surface area contributed by atoms with Crippen LogP contribution >= 0.6 is 0 Å². The third-order valence-electron chi connectivity index (χ3n) is 10.4. The summed E-state index contributed by atoms with van der Waals surface area (Å²) in [5.74, 6) is -5.54. The molecule has 6 rings (SSSR count). The maximum absolute atomic E-state index is 14.4. The Labute approximate surface area is 274 Å². The molecule has 3 aliphatic carbocycles. The van der Waals surface area contributed by atoms with Crippen LogP contribution in [-0.2, 0) is 19.2 Å². The first-order valence-electron chi connectivity index (χ1n) is 15.5. The maximum atomic E-state index is 14.4. The Morgan fingerprint density at radius 3 is 2.27 bits per heavy atom. The van der Waals surface area contributed by atoms with Crippen molar-refractivity contribution in [2.75, 3.05) is 37.1 Å². The van der Waals surface area contributed by atoms with Crippen molar-refractivity contribution >= 4 is 46.1 Å². The van der Waals surface area contributed by atoms with Crippen molar-refractivity contribution < 1.29 is 38.9 Å². The van der Waals surface area contributed by atoms with Gasteiger partial charge in [0.2, 0.25) is 11.8 Å². The van der Waals surface area contributed by atoms with Gasteiger partial charge in [0, 0.05) is 43.6 Å². The Morgan fingerprint density at radius 1 is 1.02 bits per heavy atom. The van der Waals surface area contributed by atoms with Crippen molar-refractivity contribution in [1.29, 1.82) is 0 Å². The summed E-state index contributed by atoms with van der Waals surface area (Å²) in [7, 11) is 2.83. The normalized spacial score (nSPS) is 27.9. The number of aliphatic hydroxyl groups excluding tert-OH is 1. The Bertz CT molecular complexity index is 1830. The topological polar surface area (TPSA) is 190 Å². The molecule has 0 bridgehead atoms. The molecule has 6 atom stereocenters. The van der Waals surface area contributed by atoms with Gasteiger partial charge in [-0.1, -0.05) is 36.8 Å². The third kappa shape index (κ3) is 4.73. The van der Waals surface area contributed by atoms with Gasteiger partial charge in [-0.15, -0.1) is 0 Å². The van der Waals surface area contributed by atoms with Gasteiger partial charge in [-0.05, 0) is 43.4 Å². The van der Waals surface area contributed by atoms with Gasteiger partial charge in [-0.25, -0.2) is 4.90 Å². The van der Waals surface area contributed by atoms with E-state index < -0.39 is 68.0 Å². The number of carbonyl (C=O) groups excluding carboxylic acids is 4. The Hall–Kier alpha value is -5.24. The molecule has 1 saturated carbocycles. The molecule has 48 heavy (non-hydrogen) atoms. The summed E-state index contributed by atoms with van der Waals surface area (Å²) in [6.07, 6.45) is 3.38. The molecule has 1 N–H and O–H groups in total. The number of nitro groups is 2. The summed E-state index contributed by atoms with van der Waals surface area (Å²) in [6.45, 7) is 3.08. The summed E-state index contributed by atoms with van der Waals surface area (Å²) in [4.78, 5) is 80.7. The van der Waals surface area contributed by atoms with E-state index in [2.05, 4.69) is 0 Å². The first-order valence-corrected chi connectivity index (χ1v) is 15.5. The van der Waals surface area contributed by atoms with Crippen LogP contribution in [0.15, 0.2) is 59.7 Å². The molecule has 1 heterocycles. The van der Waals surface area contributed by atoms with Crippen LogP contribution in [-0.4, -0.2) is 65.6 Å². The van der Waals surface area contributed by atoms with Gasteiger partial charge < -0.3 is 14.7 Å². The van der Waals surface area contributed by atoms with Crippen LogP contribution < -0.4 is 14.5 Å². The molecule has 2 aromatic rings. The number of ether oxygens (including phenoxy) is 1. The summed E-state index contributed by atoms with van der Waals surface area (Å²) < 4.78 is 5.89. The Balaban J connectivity index is 1.50. The first kappa shape index (κ1) is 32.7. The van der Waals surface area contributed by atoms with E-state index in [-0.39, 0.29) is 49.0 Å². The van der Waals surface area contributed by atoms with Crippen LogP contribution in [0.2, 0.25) is 0 Å². The van der Waals surface area contributed by atoms with Gasteiger partial charge in [0.1, 0.15) is 12.4 Å². The molecular weight excluding hydrogens is 624 g/mol. The van der Waals surface area contributed by atoms with Crippen molar-refractivity contribution in [1.82, 2.24) is 0 Å². The zero-order valence-electron chi connectivity index (χ0n) is 26.7. The van der Waals surface area contributed by atoms with Crippen molar-refractivity contribution in [3.63, 3.8) is 0 Å². The van der Waals surface area contributed by atoms with Gasteiger partial charge >= 0.3 is 11.4 Å². The predicted octanol–water partition coefficient (Wildman–Crippen LogP) is 3.90. The number of benzene rings is 2. The number of nitrogens with zero attached hydrogens (tertiary/aromatic N) is 4. The van der Waals surface area contributed by atoms with E-state index in [4.69, 9.17) is 4.74 Å². The number of ketones is 2. The SMILES string of the molecule is CC1=CC(=O)[C@@H]2C[C@@H]3C(=CC[C@@H]4C(=O)N(c5cc([N+](=O)[O-])c(N(C)C)c([N+](=O)[O-])c5)C(=O)[C@@H]43)[C@H](c3ccccc3OCCO)[C@]2(C)C1=O. The van der Waals surface area contributed by atoms with Crippen LogP contribution in [0.4, 0.5) is 22.7 Å². The second-order valence-corrected chi connectivity index (χ2v) is 13.1. The molecule has 1 saturated heterocycles. The second-order valence-electron chi connectivity index (χ2n) is 13.1. The quantitative estimate of drug-likeness (QED) is 0.187. The van der Waals surface area contributed by atoms with E-state index in [1.54, 1.807) is 38.1 Å². The molecule has 0 spiro atoms. The number of amides is 2. The van der Waals surface area contributed by atoms with Crippen molar-refractivity contribution in [3.8, 4) is 5.75 Å². The number of carbonyl (C=O) groups is 4. The minimum Gasteiger partial charge on any atom is -0.491 e. The van der Waals surface area contributed by atoms with E-state index in [9.17, 15) is 44.5 Å². The minimum absolute atomic E-state index is 0.0182. The van der Waals surface area contributed by atoms with E-state index in [0.717, 1.165) is 17.0 Å². The molecular formula is C34H34N4O10. The molecule has 250 valence electrons. The highest BCUT2D eigenvalue weighted by atomic mass is 16.6. The van der Waals surface area contributed by atoms with Crippen molar-refractivity contribution in [3.05, 3.63) is 85.5 Å². The molecule has 0 radical (unpaired) electrons. The first-order chi connectivity index (χ1) is 22.7. The standard InChI is InChI=1S/C34H34N4O10/c1-17-13-26(40)23-16-22-19(29(34(23,2)31(17)41)20-7-5-6-8-27(20)48-12-11-39)9-10-21-28(22)33(43)36(32(21)42)18-14-24(37(44)45)30(35(3)4)25(15-18)38(46)47/h5-9,13-15,21-23,28-29,39H,10-12,16H2,1-4H3/t21-,22+,23-,28-,29+,34+/m0/s1. The van der Waals surface area contributed by atoms with Crippen LogP contribution in [0.25, 0.3) is 0 Å². The molecule has 4 aliphatic rings. The highest BCUT2D eigenvalue weighted by molar-refractivity contribution is 6.23. The monoisotopic (exact) mass is 658 g/mol. The largest absolute Gasteiger partial charge is 0.491 e. The molecule has 1 aliphatic heterocycles. The molecule has 2 aromatic carbocycles. The van der Waals surface area contributed by atoms with E-state index in [0.29, 0.717) is 22.5 Å². The number of rotatable bonds is 8. The number of Topliss-reactive ketones (excluding diaryl/α,β-unsaturated/α-hetero) is 1. The predicted molar refractivity (Wildman–Crippen MR) is 171 cm³/mol. The van der Waals surface area contributed by atoms with Gasteiger partial charge in [-0.3, -0.25) is 39.4 Å². The number of imide groups is 1. The lowest BCUT2D eigenvalue weighted by Crippen LogP contribution is -2.54.